The van der Waals surface area contributed by atoms with Gasteiger partial charge in [-0.05, 0) is 31.4 Å². The van der Waals surface area contributed by atoms with Crippen molar-refractivity contribution in [2.45, 2.75) is 25.8 Å². The minimum absolute atomic E-state index is 0.161. The second-order valence-electron chi connectivity index (χ2n) is 5.34. The maximum Gasteiger partial charge on any atom is 0.409 e. The zero-order valence-electron chi connectivity index (χ0n) is 13.1. The van der Waals surface area contributed by atoms with Crippen molar-refractivity contribution in [2.75, 3.05) is 19.7 Å². The quantitative estimate of drug-likeness (QED) is 0.893. The summed E-state index contributed by atoms with van der Waals surface area (Å²) in [6, 6.07) is 9.09. The third-order valence-electron chi connectivity index (χ3n) is 3.59. The number of nitrogens with zero attached hydrogens (tertiary/aromatic N) is 1. The SMILES string of the molecule is CCOC(=O)N1CCC(NS(=O)(=O)/C=C/c2ccccc2)CC1. The number of amides is 1. The standard InChI is InChI=1S/C16H22N2O4S/c1-2-22-16(19)18-11-8-15(9-12-18)17-23(20,21)13-10-14-6-4-3-5-7-14/h3-7,10,13,15,17H,2,8-9,11-12H2,1H3/b13-10+. The fourth-order valence-corrected chi connectivity index (χ4v) is 3.51. The van der Waals surface area contributed by atoms with E-state index in [0.29, 0.717) is 32.5 Å². The van der Waals surface area contributed by atoms with Gasteiger partial charge in [-0.15, -0.1) is 0 Å². The van der Waals surface area contributed by atoms with Gasteiger partial charge in [0.25, 0.3) is 0 Å². The molecule has 1 fully saturated rings. The number of piperidine rings is 1. The highest BCUT2D eigenvalue weighted by atomic mass is 32.2. The smallest absolute Gasteiger partial charge is 0.409 e. The molecule has 1 amide bonds. The van der Waals surface area contributed by atoms with Crippen molar-refractivity contribution >= 4 is 22.2 Å². The van der Waals surface area contributed by atoms with Crippen molar-refractivity contribution in [1.82, 2.24) is 9.62 Å². The third-order valence-corrected chi connectivity index (χ3v) is 4.75. The van der Waals surface area contributed by atoms with Crippen LogP contribution in [0.2, 0.25) is 0 Å². The van der Waals surface area contributed by atoms with E-state index < -0.39 is 10.0 Å². The molecule has 0 bridgehead atoms. The highest BCUT2D eigenvalue weighted by Gasteiger charge is 2.25. The number of sulfonamides is 1. The minimum atomic E-state index is -3.49. The number of carbonyl (C=O) groups is 1. The van der Waals surface area contributed by atoms with Crippen LogP contribution in [0.4, 0.5) is 4.79 Å². The maximum atomic E-state index is 12.1. The first-order valence-corrected chi connectivity index (χ1v) is 9.22. The van der Waals surface area contributed by atoms with E-state index in [1.165, 1.54) is 5.41 Å². The Balaban J connectivity index is 1.85. The van der Waals surface area contributed by atoms with Crippen molar-refractivity contribution in [3.8, 4) is 0 Å². The van der Waals surface area contributed by atoms with Crippen LogP contribution in [0.1, 0.15) is 25.3 Å². The number of likely N-dealkylation sites (tertiary alicyclic amines) is 1. The monoisotopic (exact) mass is 338 g/mol. The van der Waals surface area contributed by atoms with Gasteiger partial charge in [0.1, 0.15) is 0 Å². The van der Waals surface area contributed by atoms with Gasteiger partial charge < -0.3 is 9.64 Å². The molecule has 1 aliphatic rings. The summed E-state index contributed by atoms with van der Waals surface area (Å²) in [5, 5.41) is 1.18. The summed E-state index contributed by atoms with van der Waals surface area (Å²) in [5.74, 6) is 0. The maximum absolute atomic E-state index is 12.1. The molecule has 1 aliphatic heterocycles. The minimum Gasteiger partial charge on any atom is -0.450 e. The lowest BCUT2D eigenvalue weighted by Gasteiger charge is -2.31. The fraction of sp³-hybridized carbons (Fsp3) is 0.438. The molecule has 6 nitrogen and oxygen atoms in total. The predicted molar refractivity (Wildman–Crippen MR) is 89.1 cm³/mol. The molecule has 1 N–H and O–H groups in total. The van der Waals surface area contributed by atoms with Gasteiger partial charge in [-0.2, -0.15) is 0 Å². The first kappa shape index (κ1) is 17.5. The van der Waals surface area contributed by atoms with Crippen molar-refractivity contribution in [1.29, 1.82) is 0 Å². The summed E-state index contributed by atoms with van der Waals surface area (Å²) in [4.78, 5) is 13.2. The average molecular weight is 338 g/mol. The van der Waals surface area contributed by atoms with E-state index in [2.05, 4.69) is 4.72 Å². The normalized spacial score (nSPS) is 16.7. The number of nitrogens with one attached hydrogen (secondary N) is 1. The summed E-state index contributed by atoms with van der Waals surface area (Å²) in [6.45, 7) is 3.09. The molecule has 2 rings (SSSR count). The van der Waals surface area contributed by atoms with Gasteiger partial charge in [-0.25, -0.2) is 17.9 Å². The fourth-order valence-electron chi connectivity index (χ4n) is 2.40. The van der Waals surface area contributed by atoms with Crippen molar-refractivity contribution < 1.29 is 17.9 Å². The van der Waals surface area contributed by atoms with Crippen LogP contribution in [0.5, 0.6) is 0 Å². The second kappa shape index (κ2) is 8.12. The van der Waals surface area contributed by atoms with Crippen LogP contribution in [-0.4, -0.2) is 45.1 Å². The highest BCUT2D eigenvalue weighted by molar-refractivity contribution is 7.92. The number of carbonyl (C=O) groups excluding carboxylic acids is 1. The van der Waals surface area contributed by atoms with Crippen molar-refractivity contribution in [3.63, 3.8) is 0 Å². The first-order chi connectivity index (χ1) is 11.0. The molecular weight excluding hydrogens is 316 g/mol. The Kier molecular flexibility index (Phi) is 6.18. The van der Waals surface area contributed by atoms with Gasteiger partial charge in [0.15, 0.2) is 0 Å². The molecule has 1 saturated heterocycles. The molecule has 0 saturated carbocycles. The zero-order valence-corrected chi connectivity index (χ0v) is 14.0. The van der Waals surface area contributed by atoms with Crippen LogP contribution in [0.3, 0.4) is 0 Å². The molecule has 23 heavy (non-hydrogen) atoms. The van der Waals surface area contributed by atoms with E-state index in [1.54, 1.807) is 17.9 Å². The molecule has 1 aromatic rings. The Labute approximate surface area is 137 Å². The van der Waals surface area contributed by atoms with Gasteiger partial charge in [-0.1, -0.05) is 30.3 Å². The Hall–Kier alpha value is -1.86. The Bertz CT molecular complexity index is 635. The van der Waals surface area contributed by atoms with E-state index in [1.807, 2.05) is 30.3 Å². The van der Waals surface area contributed by atoms with Gasteiger partial charge in [-0.3, -0.25) is 0 Å². The summed E-state index contributed by atoms with van der Waals surface area (Å²) in [7, 11) is -3.49. The summed E-state index contributed by atoms with van der Waals surface area (Å²) >= 11 is 0. The predicted octanol–water partition coefficient (Wildman–Crippen LogP) is 2.20. The topological polar surface area (TPSA) is 75.7 Å². The summed E-state index contributed by atoms with van der Waals surface area (Å²) < 4.78 is 31.8. The Morgan fingerprint density at radius 2 is 1.96 bits per heavy atom. The number of hydrogen-bond donors (Lipinski definition) is 1. The van der Waals surface area contributed by atoms with Crippen molar-refractivity contribution in [2.24, 2.45) is 0 Å². The highest BCUT2D eigenvalue weighted by Crippen LogP contribution is 2.13. The van der Waals surface area contributed by atoms with Crippen molar-refractivity contribution in [3.05, 3.63) is 41.3 Å². The summed E-state index contributed by atoms with van der Waals surface area (Å²) in [5.41, 5.74) is 0.829. The van der Waals surface area contributed by atoms with Gasteiger partial charge >= 0.3 is 6.09 Å². The van der Waals surface area contributed by atoms with Crippen LogP contribution >= 0.6 is 0 Å². The van der Waals surface area contributed by atoms with E-state index in [9.17, 15) is 13.2 Å². The Morgan fingerprint density at radius 3 is 2.57 bits per heavy atom. The molecule has 7 heteroatoms. The Morgan fingerprint density at radius 1 is 1.30 bits per heavy atom. The molecule has 1 heterocycles. The molecule has 0 aliphatic carbocycles. The van der Waals surface area contributed by atoms with Crippen LogP contribution < -0.4 is 4.72 Å². The number of ether oxygens (including phenoxy) is 1. The lowest BCUT2D eigenvalue weighted by Crippen LogP contribution is -2.46. The average Bonchev–Trinajstić information content (AvgIpc) is 2.55. The van der Waals surface area contributed by atoms with E-state index in [-0.39, 0.29) is 12.1 Å². The lowest BCUT2D eigenvalue weighted by atomic mass is 10.1. The molecular formula is C16H22N2O4S. The number of rotatable bonds is 5. The molecule has 0 aromatic heterocycles. The van der Waals surface area contributed by atoms with Gasteiger partial charge in [0.05, 0.1) is 6.61 Å². The lowest BCUT2D eigenvalue weighted by molar-refractivity contribution is 0.0966. The molecule has 1 aromatic carbocycles. The van der Waals surface area contributed by atoms with Crippen LogP contribution in [0.25, 0.3) is 6.08 Å². The van der Waals surface area contributed by atoms with Crippen LogP contribution in [-0.2, 0) is 14.8 Å². The van der Waals surface area contributed by atoms with Crippen LogP contribution in [0, 0.1) is 0 Å². The molecule has 0 spiro atoms. The number of benzene rings is 1. The third kappa shape index (κ3) is 5.69. The van der Waals surface area contributed by atoms with Gasteiger partial charge in [0, 0.05) is 24.5 Å². The number of hydrogen-bond acceptors (Lipinski definition) is 4. The van der Waals surface area contributed by atoms with E-state index >= 15 is 0 Å². The molecule has 0 unspecified atom stereocenters. The second-order valence-corrected chi connectivity index (χ2v) is 6.93. The molecule has 0 radical (unpaired) electrons. The largest absolute Gasteiger partial charge is 0.450 e. The zero-order chi connectivity index (χ0) is 16.7. The summed E-state index contributed by atoms with van der Waals surface area (Å²) in [6.07, 6.45) is 2.39. The first-order valence-electron chi connectivity index (χ1n) is 7.67. The van der Waals surface area contributed by atoms with E-state index in [0.717, 1.165) is 5.56 Å². The molecule has 0 atom stereocenters. The molecule has 126 valence electrons. The van der Waals surface area contributed by atoms with Gasteiger partial charge in [0.2, 0.25) is 10.0 Å². The van der Waals surface area contributed by atoms with E-state index in [4.69, 9.17) is 4.74 Å². The van der Waals surface area contributed by atoms with Crippen LogP contribution in [0.15, 0.2) is 35.7 Å².